The number of nitrogens with one attached hydrogen (secondary N) is 10. The molecule has 9 amide bonds. The largest absolute Gasteiger partial charge is 0.480 e. The second kappa shape index (κ2) is 28.8. The number of aliphatic carboxylic acids is 1. The summed E-state index contributed by atoms with van der Waals surface area (Å²) in [6.45, 7) is 10.4. The van der Waals surface area contributed by atoms with Gasteiger partial charge < -0.3 is 80.9 Å². The number of nitrogens with two attached hydrogens (primary N) is 4. The summed E-state index contributed by atoms with van der Waals surface area (Å²) in [6.07, 6.45) is 3.33. The van der Waals surface area contributed by atoms with E-state index in [4.69, 9.17) is 22.9 Å². The van der Waals surface area contributed by atoms with Crippen molar-refractivity contribution < 1.29 is 53.1 Å². The maximum absolute atomic E-state index is 15.1. The highest BCUT2D eigenvalue weighted by Crippen LogP contribution is 2.35. The summed E-state index contributed by atoms with van der Waals surface area (Å²) in [5.74, 6) is -9.89. The Hall–Kier alpha value is -8.79. The average Bonchev–Trinajstić information content (AvgIpc) is 4.40. The molecule has 452 valence electrons. The molecule has 4 aliphatic heterocycles. The molecule has 10 unspecified atom stereocenters. The van der Waals surface area contributed by atoms with Crippen LogP contribution in [0.3, 0.4) is 0 Å². The van der Waals surface area contributed by atoms with Crippen LogP contribution in [-0.2, 0) is 60.8 Å². The number of hydrogen-bond donors (Lipinski definition) is 15. The molecule has 19 N–H and O–H groups in total. The smallest absolute Gasteiger partial charge is 0.326 e. The minimum absolute atomic E-state index is 0.0382. The molecule has 29 nitrogen and oxygen atoms in total. The van der Waals surface area contributed by atoms with Gasteiger partial charge in [-0.15, -0.1) is 0 Å². The molecule has 0 spiro atoms. The minimum atomic E-state index is -1.49. The van der Waals surface area contributed by atoms with Crippen molar-refractivity contribution in [1.29, 1.82) is 0 Å². The van der Waals surface area contributed by atoms with Crippen molar-refractivity contribution in [1.82, 2.24) is 62.4 Å². The number of benzene rings is 1. The Kier molecular flexibility index (Phi) is 22.0. The molecule has 3 aromatic rings. The highest BCUT2D eigenvalue weighted by molar-refractivity contribution is 6.00. The van der Waals surface area contributed by atoms with Crippen molar-refractivity contribution in [3.8, 4) is 5.82 Å². The molecule has 0 radical (unpaired) electrons. The molecule has 0 aliphatic carbocycles. The summed E-state index contributed by atoms with van der Waals surface area (Å²) in [5.41, 5.74) is 23.7. The van der Waals surface area contributed by atoms with Gasteiger partial charge in [0.05, 0.1) is 12.2 Å². The van der Waals surface area contributed by atoms with Crippen molar-refractivity contribution >= 4 is 82.0 Å². The second-order valence-electron chi connectivity index (χ2n) is 22.2. The van der Waals surface area contributed by atoms with E-state index in [1.165, 1.54) is 6.33 Å². The SMILES string of the molecule is CCC(C)C1NC(=O)C(CC(C)C)NC(=O)C(NC(=O)C2CCC(=O)N2)C(C(C)C)c2ccc3c4c([nH]c3c2)-n2cnc(c2)CC(C(=O)NC(CCCN=C(N)N)C(=O)O)NC(=O)CNC(=O)C(CCCN=C(N)N)NC(=O)C(C4)NC1=O. The fourth-order valence-corrected chi connectivity index (χ4v) is 10.5. The quantitative estimate of drug-likeness (QED) is 0.0266. The molecule has 0 saturated carbocycles. The molecule has 1 fully saturated rings. The van der Waals surface area contributed by atoms with Gasteiger partial charge in [-0.2, -0.15) is 0 Å². The number of carboxylic acids is 1. The Morgan fingerprint density at radius 2 is 1.47 bits per heavy atom. The van der Waals surface area contributed by atoms with Crippen LogP contribution >= 0.6 is 0 Å². The molecule has 1 aromatic carbocycles. The Bertz CT molecular complexity index is 2960. The van der Waals surface area contributed by atoms with Crippen LogP contribution in [0.2, 0.25) is 0 Å². The molecular formula is C54H80N18O11. The summed E-state index contributed by atoms with van der Waals surface area (Å²) in [7, 11) is 0. The van der Waals surface area contributed by atoms with Crippen LogP contribution in [0, 0.1) is 17.8 Å². The third-order valence-corrected chi connectivity index (χ3v) is 15.0. The molecule has 83 heavy (non-hydrogen) atoms. The number of aromatic nitrogens is 3. The Labute approximate surface area is 479 Å². The van der Waals surface area contributed by atoms with Crippen molar-refractivity contribution in [2.45, 2.75) is 160 Å². The Balaban J connectivity index is 1.56. The number of aliphatic imine (C=N–C) groups is 2. The predicted octanol–water partition coefficient (Wildman–Crippen LogP) is -2.72. The molecule has 29 heteroatoms. The van der Waals surface area contributed by atoms with Gasteiger partial charge in [0.2, 0.25) is 53.2 Å². The number of guanidine groups is 2. The highest BCUT2D eigenvalue weighted by atomic mass is 16.4. The molecule has 7 rings (SSSR count). The maximum Gasteiger partial charge on any atom is 0.326 e. The summed E-state index contributed by atoms with van der Waals surface area (Å²) >= 11 is 0. The van der Waals surface area contributed by atoms with E-state index in [0.29, 0.717) is 34.3 Å². The van der Waals surface area contributed by atoms with E-state index in [0.717, 1.165) is 0 Å². The third-order valence-electron chi connectivity index (χ3n) is 15.0. The number of carboxylic acid groups (broad SMARTS) is 1. The van der Waals surface area contributed by atoms with Gasteiger partial charge in [0.1, 0.15) is 60.5 Å². The molecule has 7 bridgehead atoms. The normalized spacial score (nSPS) is 23.6. The molecular weight excluding hydrogens is 1080 g/mol. The number of carbonyl (C=O) groups is 10. The van der Waals surface area contributed by atoms with Gasteiger partial charge in [-0.3, -0.25) is 57.7 Å². The molecule has 1 saturated heterocycles. The zero-order valence-corrected chi connectivity index (χ0v) is 47.6. The number of aromatic amines is 1. The minimum Gasteiger partial charge on any atom is -0.480 e. The van der Waals surface area contributed by atoms with Crippen LogP contribution in [0.5, 0.6) is 0 Å². The van der Waals surface area contributed by atoms with Gasteiger partial charge in [-0.1, -0.05) is 60.1 Å². The lowest BCUT2D eigenvalue weighted by molar-refractivity contribution is -0.142. The lowest BCUT2D eigenvalue weighted by atomic mass is 9.81. The van der Waals surface area contributed by atoms with Crippen molar-refractivity contribution in [2.75, 3.05) is 19.6 Å². The number of fused-ring (bicyclic) bond motifs is 13. The summed E-state index contributed by atoms with van der Waals surface area (Å²) in [4.78, 5) is 156. The number of H-pyrrole nitrogens is 1. The maximum atomic E-state index is 15.1. The van der Waals surface area contributed by atoms with Crippen molar-refractivity contribution in [3.05, 3.63) is 47.5 Å². The predicted molar refractivity (Wildman–Crippen MR) is 304 cm³/mol. The number of nitrogens with zero attached hydrogens (tertiary/aromatic N) is 4. The van der Waals surface area contributed by atoms with Gasteiger partial charge in [0.25, 0.3) is 0 Å². The fraction of sp³-hybridized carbons (Fsp3) is 0.574. The first-order valence-electron chi connectivity index (χ1n) is 28.0. The number of carbonyl (C=O) groups excluding carboxylic acids is 9. The van der Waals surface area contributed by atoms with E-state index < -0.39 is 120 Å². The first-order chi connectivity index (χ1) is 39.3. The van der Waals surface area contributed by atoms with Crippen LogP contribution in [0.1, 0.15) is 116 Å². The second-order valence-corrected chi connectivity index (χ2v) is 22.2. The van der Waals surface area contributed by atoms with Gasteiger partial charge >= 0.3 is 5.97 Å². The first-order valence-corrected chi connectivity index (χ1v) is 28.0. The van der Waals surface area contributed by atoms with E-state index in [2.05, 4.69) is 67.8 Å². The van der Waals surface area contributed by atoms with Crippen molar-refractivity contribution in [2.24, 2.45) is 50.7 Å². The zero-order valence-electron chi connectivity index (χ0n) is 47.6. The first kappa shape index (κ1) is 63.4. The number of amides is 9. The Morgan fingerprint density at radius 3 is 2.11 bits per heavy atom. The summed E-state index contributed by atoms with van der Waals surface area (Å²) < 4.78 is 1.57. The van der Waals surface area contributed by atoms with E-state index in [-0.39, 0.29) is 106 Å². The van der Waals surface area contributed by atoms with Gasteiger partial charge in [0, 0.05) is 60.9 Å². The fourth-order valence-electron chi connectivity index (χ4n) is 10.5. The molecule has 4 aliphatic rings. The standard InChI is InChI=1S/C54H80N18O11/c1-7-27(6)42-50(80)69-38-21-31-30-13-12-28(41(26(4)5)43(71-46(76)33-14-15-39(73)63-33)51(81)68-36(18-25(2)3)49(79)70-42)19-35(30)65-44(31)72-23-29(62-24-72)20-37(47(77)67-34(52(82)83)11-9-17-60-54(57)58)64-40(74)22-61-45(75)32(66-48(38)78)10-8-16-59-53(55)56/h12-13,19,23-27,32-34,36-38,41-43,65H,7-11,14-18,20-22H2,1-6H3,(H,61,75)(H,63,73)(H,64,74)(H,66,78)(H,67,77)(H,68,81)(H,69,80)(H,70,79)(H,71,76)(H,82,83)(H4,55,56,59)(H4,57,58,60). The number of rotatable bonds is 18. The topological polar surface area (TPSA) is 462 Å². The highest BCUT2D eigenvalue weighted by Gasteiger charge is 2.41. The van der Waals surface area contributed by atoms with Gasteiger partial charge in [0.15, 0.2) is 11.9 Å². The van der Waals surface area contributed by atoms with Crippen LogP contribution in [0.25, 0.3) is 16.7 Å². The van der Waals surface area contributed by atoms with E-state index >= 15 is 4.79 Å². The van der Waals surface area contributed by atoms with E-state index in [1.54, 1.807) is 35.9 Å². The lowest BCUT2D eigenvalue weighted by Gasteiger charge is -2.33. The van der Waals surface area contributed by atoms with Gasteiger partial charge in [-0.05, 0) is 67.9 Å². The van der Waals surface area contributed by atoms with E-state index in [1.807, 2.05) is 34.6 Å². The molecule has 10 atom stereocenters. The number of hydrogen-bond acceptors (Lipinski definition) is 13. The monoisotopic (exact) mass is 1160 g/mol. The number of imidazole rings is 1. The molecule has 2 aromatic heterocycles. The van der Waals surface area contributed by atoms with E-state index in [9.17, 15) is 48.3 Å². The zero-order chi connectivity index (χ0) is 60.8. The third kappa shape index (κ3) is 17.1. The van der Waals surface area contributed by atoms with Crippen LogP contribution in [-0.4, -0.2) is 159 Å². The van der Waals surface area contributed by atoms with Crippen LogP contribution in [0.15, 0.2) is 40.7 Å². The van der Waals surface area contributed by atoms with Crippen LogP contribution < -0.4 is 70.8 Å². The average molecular weight is 1160 g/mol. The molecule has 6 heterocycles. The van der Waals surface area contributed by atoms with Gasteiger partial charge in [-0.25, -0.2) is 9.78 Å². The lowest BCUT2D eigenvalue weighted by Crippen LogP contribution is -2.61. The summed E-state index contributed by atoms with van der Waals surface area (Å²) in [5, 5.41) is 35.2. The summed E-state index contributed by atoms with van der Waals surface area (Å²) in [6, 6.07) is -5.22. The van der Waals surface area contributed by atoms with Crippen LogP contribution in [0.4, 0.5) is 0 Å². The Morgan fingerprint density at radius 1 is 0.783 bits per heavy atom. The van der Waals surface area contributed by atoms with Crippen molar-refractivity contribution in [3.63, 3.8) is 0 Å².